The number of allylic oxidation sites excluding steroid dienone is 6. The summed E-state index contributed by atoms with van der Waals surface area (Å²) in [6.07, 6.45) is -1.71. The van der Waals surface area contributed by atoms with Crippen LogP contribution in [0.4, 0.5) is 26.3 Å². The minimum Gasteiger partial charge on any atom is -0.295 e. The Morgan fingerprint density at radius 3 is 2.19 bits per heavy atom. The highest BCUT2D eigenvalue weighted by Gasteiger charge is 2.51. The molecule has 3 aliphatic carbocycles. The number of ketones is 1. The molecule has 0 bridgehead atoms. The van der Waals surface area contributed by atoms with Gasteiger partial charge in [0.05, 0.1) is 15.9 Å². The van der Waals surface area contributed by atoms with Crippen molar-refractivity contribution in [3.05, 3.63) is 75.4 Å². The molecule has 1 aliphatic heterocycles. The number of benzene rings is 1. The molecular formula is C24H18F6OS. The first kappa shape index (κ1) is 21.6. The Labute approximate surface area is 184 Å². The molecule has 0 aromatic heterocycles. The van der Waals surface area contributed by atoms with Crippen LogP contribution in [0.5, 0.6) is 0 Å². The number of rotatable bonds is 1. The van der Waals surface area contributed by atoms with Crippen molar-refractivity contribution in [2.75, 3.05) is 0 Å². The van der Waals surface area contributed by atoms with Crippen LogP contribution in [0.2, 0.25) is 0 Å². The van der Waals surface area contributed by atoms with E-state index < -0.39 is 28.2 Å². The van der Waals surface area contributed by atoms with Gasteiger partial charge >= 0.3 is 12.4 Å². The standard InChI is InChI=1S/C24H18F6OS/c1-22-19-10-15(31)5-6-18(19)16-3-2-4-17(16)20(22)11-21(32-22)12-7-13(23(25,26)27)9-14(8-12)24(28,29)30/h5-9,11,19H,2-4,10H2,1H3. The lowest BCUT2D eigenvalue weighted by molar-refractivity contribution is -0.143. The van der Waals surface area contributed by atoms with E-state index in [-0.39, 0.29) is 29.8 Å². The molecule has 5 rings (SSSR count). The van der Waals surface area contributed by atoms with E-state index in [1.165, 1.54) is 17.3 Å². The van der Waals surface area contributed by atoms with Crippen LogP contribution < -0.4 is 0 Å². The lowest BCUT2D eigenvalue weighted by Gasteiger charge is -2.42. The largest absolute Gasteiger partial charge is 0.416 e. The highest BCUT2D eigenvalue weighted by molar-refractivity contribution is 8.10. The van der Waals surface area contributed by atoms with Crippen LogP contribution in [-0.4, -0.2) is 10.5 Å². The van der Waals surface area contributed by atoms with Crippen LogP contribution in [0.15, 0.2) is 58.7 Å². The molecule has 0 N–H and O–H groups in total. The molecule has 1 fully saturated rings. The minimum absolute atomic E-state index is 0.0196. The van der Waals surface area contributed by atoms with Crippen molar-refractivity contribution in [3.63, 3.8) is 0 Å². The van der Waals surface area contributed by atoms with Gasteiger partial charge in [0.1, 0.15) is 0 Å². The lowest BCUT2D eigenvalue weighted by atomic mass is 9.68. The minimum atomic E-state index is -4.90. The zero-order chi connectivity index (χ0) is 23.1. The van der Waals surface area contributed by atoms with E-state index in [0.29, 0.717) is 4.91 Å². The van der Waals surface area contributed by atoms with E-state index in [2.05, 4.69) is 0 Å². The first-order chi connectivity index (χ1) is 14.9. The van der Waals surface area contributed by atoms with Crippen molar-refractivity contribution in [1.29, 1.82) is 0 Å². The van der Waals surface area contributed by atoms with Crippen molar-refractivity contribution in [2.24, 2.45) is 5.92 Å². The molecule has 32 heavy (non-hydrogen) atoms. The monoisotopic (exact) mass is 468 g/mol. The first-order valence-electron chi connectivity index (χ1n) is 10.3. The van der Waals surface area contributed by atoms with Crippen LogP contribution in [0, 0.1) is 5.92 Å². The highest BCUT2D eigenvalue weighted by Crippen LogP contribution is 2.63. The summed E-state index contributed by atoms with van der Waals surface area (Å²) in [4.78, 5) is 12.6. The van der Waals surface area contributed by atoms with Crippen molar-refractivity contribution in [3.8, 4) is 0 Å². The van der Waals surface area contributed by atoms with Crippen molar-refractivity contribution in [2.45, 2.75) is 49.7 Å². The Balaban J connectivity index is 1.67. The Morgan fingerprint density at radius 1 is 0.938 bits per heavy atom. The molecule has 1 saturated carbocycles. The quantitative estimate of drug-likeness (QED) is 0.397. The lowest BCUT2D eigenvalue weighted by Crippen LogP contribution is -2.38. The van der Waals surface area contributed by atoms with Gasteiger partial charge in [-0.1, -0.05) is 6.08 Å². The normalized spacial score (nSPS) is 27.5. The van der Waals surface area contributed by atoms with Gasteiger partial charge in [-0.15, -0.1) is 11.8 Å². The van der Waals surface area contributed by atoms with Crippen molar-refractivity contribution in [1.82, 2.24) is 0 Å². The van der Waals surface area contributed by atoms with E-state index in [1.807, 2.05) is 13.0 Å². The number of hydrogen-bond acceptors (Lipinski definition) is 2. The van der Waals surface area contributed by atoms with Crippen molar-refractivity contribution >= 4 is 22.5 Å². The molecule has 0 spiro atoms. The summed E-state index contributed by atoms with van der Waals surface area (Å²) in [6, 6.07) is 1.73. The Bertz CT molecular complexity index is 1130. The molecule has 1 aromatic carbocycles. The molecule has 168 valence electrons. The van der Waals surface area contributed by atoms with Crippen molar-refractivity contribution < 1.29 is 31.1 Å². The predicted octanol–water partition coefficient (Wildman–Crippen LogP) is 7.51. The summed E-state index contributed by atoms with van der Waals surface area (Å²) < 4.78 is 79.7. The summed E-state index contributed by atoms with van der Waals surface area (Å²) in [5.41, 5.74) is 1.60. The van der Waals surface area contributed by atoms with Crippen LogP contribution >= 0.6 is 11.8 Å². The van der Waals surface area contributed by atoms with E-state index in [1.54, 1.807) is 12.2 Å². The van der Waals surface area contributed by atoms with Crippen LogP contribution in [0.1, 0.15) is 49.3 Å². The van der Waals surface area contributed by atoms with Gasteiger partial charge in [0.2, 0.25) is 0 Å². The fourth-order valence-electron chi connectivity index (χ4n) is 5.31. The predicted molar refractivity (Wildman–Crippen MR) is 111 cm³/mol. The number of hydrogen-bond donors (Lipinski definition) is 0. The summed E-state index contributed by atoms with van der Waals surface area (Å²) in [7, 11) is 0. The fourth-order valence-corrected chi connectivity index (χ4v) is 6.83. The number of fused-ring (bicyclic) bond motifs is 4. The third kappa shape index (κ3) is 3.29. The molecule has 2 unspecified atom stereocenters. The average Bonchev–Trinajstić information content (AvgIpc) is 3.31. The maximum absolute atomic E-state index is 13.4. The fraction of sp³-hybridized carbons (Fsp3) is 0.375. The molecule has 4 aliphatic rings. The Kier molecular flexibility index (Phi) is 4.65. The van der Waals surface area contributed by atoms with Crippen LogP contribution in [0.25, 0.3) is 4.91 Å². The van der Waals surface area contributed by atoms with Gasteiger partial charge in [0.15, 0.2) is 5.78 Å². The maximum Gasteiger partial charge on any atom is 0.416 e. The molecule has 0 saturated heterocycles. The topological polar surface area (TPSA) is 17.1 Å². The molecule has 8 heteroatoms. The first-order valence-corrected chi connectivity index (χ1v) is 11.1. The van der Waals surface area contributed by atoms with Crippen LogP contribution in [-0.2, 0) is 17.1 Å². The van der Waals surface area contributed by atoms with Gasteiger partial charge in [-0.2, -0.15) is 26.3 Å². The highest BCUT2D eigenvalue weighted by atomic mass is 32.2. The SMILES string of the molecule is CC12SC(c3cc(C(F)(F)F)cc(C(F)(F)F)c3)=CC1=C1CCCC1=C1C=CC(=O)CC12. The smallest absolute Gasteiger partial charge is 0.295 e. The van der Waals surface area contributed by atoms with Gasteiger partial charge in [-0.3, -0.25) is 4.79 Å². The van der Waals surface area contributed by atoms with Gasteiger partial charge in [-0.05, 0) is 84.4 Å². The second kappa shape index (κ2) is 6.89. The number of alkyl halides is 6. The van der Waals surface area contributed by atoms with Gasteiger partial charge in [-0.25, -0.2) is 0 Å². The molecular weight excluding hydrogens is 450 g/mol. The summed E-state index contributed by atoms with van der Waals surface area (Å²) in [6.45, 7) is 1.95. The number of thioether (sulfide) groups is 1. The number of carbonyl (C=O) groups is 1. The molecule has 0 amide bonds. The second-order valence-electron chi connectivity index (χ2n) is 8.75. The number of halogens is 6. The van der Waals surface area contributed by atoms with E-state index in [0.717, 1.165) is 48.1 Å². The molecule has 1 aromatic rings. The van der Waals surface area contributed by atoms with E-state index in [4.69, 9.17) is 0 Å². The molecule has 1 nitrogen and oxygen atoms in total. The van der Waals surface area contributed by atoms with E-state index >= 15 is 0 Å². The van der Waals surface area contributed by atoms with Crippen LogP contribution in [0.3, 0.4) is 0 Å². The summed E-state index contributed by atoms with van der Waals surface area (Å²) in [5.74, 6) is -0.174. The molecule has 2 atom stereocenters. The Hall–Kier alpha value is -2.22. The molecule has 0 radical (unpaired) electrons. The van der Waals surface area contributed by atoms with E-state index in [9.17, 15) is 31.1 Å². The zero-order valence-electron chi connectivity index (χ0n) is 17.0. The number of carbonyl (C=O) groups excluding carboxylic acids is 1. The third-order valence-corrected chi connectivity index (χ3v) is 8.29. The zero-order valence-corrected chi connectivity index (χ0v) is 17.8. The second-order valence-corrected chi connectivity index (χ2v) is 10.2. The van der Waals surface area contributed by atoms with Gasteiger partial charge in [0, 0.05) is 17.2 Å². The molecule has 1 heterocycles. The third-order valence-electron chi connectivity index (χ3n) is 6.79. The van der Waals surface area contributed by atoms with Gasteiger partial charge < -0.3 is 0 Å². The maximum atomic E-state index is 13.4. The average molecular weight is 468 g/mol. The van der Waals surface area contributed by atoms with Gasteiger partial charge in [0.25, 0.3) is 0 Å². The summed E-state index contributed by atoms with van der Waals surface area (Å²) >= 11 is 1.27. The summed E-state index contributed by atoms with van der Waals surface area (Å²) in [5, 5.41) is 0. The Morgan fingerprint density at radius 2 is 1.56 bits per heavy atom.